The molecule has 4 rings (SSSR count). The zero-order valence-corrected chi connectivity index (χ0v) is 22.2. The Balaban J connectivity index is 1.89. The van der Waals surface area contributed by atoms with Crippen molar-refractivity contribution in [3.8, 4) is 40.1 Å². The standard InChI is InChI=1S/C27H32O15/c28-3-6-37-14-10-15(32)20-18(11-14)40-25(13-1-2-16(38-7-4-29)17(9-13)39-8-5-30)26(22(20)34)42-27-24(36)23(35)21(33)19(12-31)41-27/h1-2,9-11,19,21,23-24,27-33,35-36H,3-8,12H2/t19-,21-,23+,24-,27+/m1/s1. The summed E-state index contributed by atoms with van der Waals surface area (Å²) in [5.74, 6) is -1.03. The van der Waals surface area contributed by atoms with Crippen molar-refractivity contribution in [1.29, 1.82) is 0 Å². The van der Waals surface area contributed by atoms with Crippen molar-refractivity contribution >= 4 is 11.0 Å². The summed E-state index contributed by atoms with van der Waals surface area (Å²) < 4.78 is 33.5. The lowest BCUT2D eigenvalue weighted by atomic mass is 9.99. The fourth-order valence-electron chi connectivity index (χ4n) is 4.28. The number of phenols is 1. The maximum atomic E-state index is 13.8. The van der Waals surface area contributed by atoms with Crippen molar-refractivity contribution in [3.05, 3.63) is 40.6 Å². The van der Waals surface area contributed by atoms with E-state index in [0.29, 0.717) is 0 Å². The van der Waals surface area contributed by atoms with Crippen molar-refractivity contribution in [2.45, 2.75) is 30.7 Å². The van der Waals surface area contributed by atoms with Crippen LogP contribution < -0.4 is 24.4 Å². The number of aromatic hydroxyl groups is 1. The van der Waals surface area contributed by atoms with E-state index in [0.717, 1.165) is 6.07 Å². The SMILES string of the molecule is O=c1c(O[C@@H]2O[C@H](CO)[C@@H](O)[C@H](O)[C@H]2O)c(-c2ccc(OCCO)c(OCCO)c2)oc2cc(OCCO)cc(O)c12. The zero-order valence-electron chi connectivity index (χ0n) is 22.2. The highest BCUT2D eigenvalue weighted by Gasteiger charge is 2.45. The summed E-state index contributed by atoms with van der Waals surface area (Å²) in [4.78, 5) is 13.8. The van der Waals surface area contributed by atoms with E-state index in [1.165, 1.54) is 24.3 Å². The average molecular weight is 597 g/mol. The van der Waals surface area contributed by atoms with Crippen LogP contribution >= 0.6 is 0 Å². The van der Waals surface area contributed by atoms with Crippen LogP contribution in [0.2, 0.25) is 0 Å². The highest BCUT2D eigenvalue weighted by Crippen LogP contribution is 2.40. The van der Waals surface area contributed by atoms with Gasteiger partial charge in [-0.3, -0.25) is 4.79 Å². The lowest BCUT2D eigenvalue weighted by molar-refractivity contribution is -0.277. The van der Waals surface area contributed by atoms with Gasteiger partial charge in [0.25, 0.3) is 0 Å². The smallest absolute Gasteiger partial charge is 0.239 e. The summed E-state index contributed by atoms with van der Waals surface area (Å²) in [7, 11) is 0. The molecule has 1 fully saturated rings. The normalized spacial score (nSPS) is 22.2. The molecular formula is C27H32O15. The van der Waals surface area contributed by atoms with Gasteiger partial charge in [0, 0.05) is 17.7 Å². The first-order valence-corrected chi connectivity index (χ1v) is 12.9. The van der Waals surface area contributed by atoms with Crippen LogP contribution in [0, 0.1) is 0 Å². The molecule has 0 spiro atoms. The Morgan fingerprint density at radius 3 is 2.12 bits per heavy atom. The molecule has 1 aliphatic rings. The van der Waals surface area contributed by atoms with Gasteiger partial charge >= 0.3 is 0 Å². The van der Waals surface area contributed by atoms with Crippen LogP contribution in [0.5, 0.6) is 28.7 Å². The first-order chi connectivity index (χ1) is 20.2. The number of aliphatic hydroxyl groups is 7. The van der Waals surface area contributed by atoms with Crippen molar-refractivity contribution in [3.63, 3.8) is 0 Å². The summed E-state index contributed by atoms with van der Waals surface area (Å²) in [5.41, 5.74) is -0.922. The second-order valence-corrected chi connectivity index (χ2v) is 9.10. The van der Waals surface area contributed by atoms with Gasteiger partial charge in [-0.15, -0.1) is 0 Å². The summed E-state index contributed by atoms with van der Waals surface area (Å²) in [6, 6.07) is 6.71. The first-order valence-electron chi connectivity index (χ1n) is 12.9. The lowest BCUT2D eigenvalue weighted by Crippen LogP contribution is -2.60. The van der Waals surface area contributed by atoms with E-state index >= 15 is 0 Å². The van der Waals surface area contributed by atoms with Crippen molar-refractivity contribution in [2.75, 3.05) is 46.2 Å². The minimum Gasteiger partial charge on any atom is -0.507 e. The van der Waals surface area contributed by atoms with Crippen molar-refractivity contribution < 1.29 is 69.0 Å². The fraction of sp³-hybridized carbons (Fsp3) is 0.444. The number of ether oxygens (including phenoxy) is 5. The molecule has 15 nitrogen and oxygen atoms in total. The van der Waals surface area contributed by atoms with E-state index in [4.69, 9.17) is 38.3 Å². The fourth-order valence-corrected chi connectivity index (χ4v) is 4.28. The van der Waals surface area contributed by atoms with Gasteiger partial charge in [0.2, 0.25) is 17.5 Å². The summed E-state index contributed by atoms with van der Waals surface area (Å²) in [6.45, 7) is -2.00. The third-order valence-electron chi connectivity index (χ3n) is 6.25. The first kappa shape index (κ1) is 31.3. The van der Waals surface area contributed by atoms with Gasteiger partial charge in [0.15, 0.2) is 17.3 Å². The summed E-state index contributed by atoms with van der Waals surface area (Å²) >= 11 is 0. The molecule has 0 radical (unpaired) electrons. The topological polar surface area (TPSA) is 238 Å². The molecule has 8 N–H and O–H groups in total. The van der Waals surface area contributed by atoms with Crippen LogP contribution in [0.4, 0.5) is 0 Å². The minimum absolute atomic E-state index is 0.0682. The van der Waals surface area contributed by atoms with E-state index < -0.39 is 54.2 Å². The molecule has 42 heavy (non-hydrogen) atoms. The number of phenolic OH excluding ortho intramolecular Hbond substituents is 1. The molecular weight excluding hydrogens is 564 g/mol. The van der Waals surface area contributed by atoms with E-state index in [1.54, 1.807) is 0 Å². The Hall–Kier alpha value is -3.67. The molecule has 2 heterocycles. The Kier molecular flexibility index (Phi) is 10.4. The molecule has 1 aliphatic heterocycles. The Morgan fingerprint density at radius 2 is 1.45 bits per heavy atom. The van der Waals surface area contributed by atoms with Crippen molar-refractivity contribution in [1.82, 2.24) is 0 Å². The minimum atomic E-state index is -1.87. The monoisotopic (exact) mass is 596 g/mol. The van der Waals surface area contributed by atoms with E-state index in [9.17, 15) is 35.4 Å². The van der Waals surface area contributed by atoms with Gasteiger partial charge in [-0.25, -0.2) is 0 Å². The molecule has 1 aromatic heterocycles. The van der Waals surface area contributed by atoms with Crippen LogP contribution in [-0.4, -0.2) is 118 Å². The number of fused-ring (bicyclic) bond motifs is 1. The van der Waals surface area contributed by atoms with E-state index in [1.807, 2.05) is 0 Å². The van der Waals surface area contributed by atoms with E-state index in [2.05, 4.69) is 0 Å². The third-order valence-corrected chi connectivity index (χ3v) is 6.25. The predicted molar refractivity (Wildman–Crippen MR) is 142 cm³/mol. The quantitative estimate of drug-likeness (QED) is 0.112. The third kappa shape index (κ3) is 6.53. The maximum Gasteiger partial charge on any atom is 0.239 e. The number of rotatable bonds is 13. The van der Waals surface area contributed by atoms with Crippen molar-refractivity contribution in [2.24, 2.45) is 0 Å². The highest BCUT2D eigenvalue weighted by molar-refractivity contribution is 5.88. The molecule has 2 aromatic carbocycles. The Morgan fingerprint density at radius 1 is 0.786 bits per heavy atom. The molecule has 3 aromatic rings. The van der Waals surface area contributed by atoms with Gasteiger partial charge in [0.1, 0.15) is 66.7 Å². The summed E-state index contributed by atoms with van der Waals surface area (Å²) in [5, 5.41) is 78.3. The van der Waals surface area contributed by atoms with Crippen LogP contribution in [0.3, 0.4) is 0 Å². The maximum absolute atomic E-state index is 13.8. The zero-order chi connectivity index (χ0) is 30.4. The number of aliphatic hydroxyl groups excluding tert-OH is 7. The number of hydrogen-bond acceptors (Lipinski definition) is 15. The molecule has 15 heteroatoms. The van der Waals surface area contributed by atoms with Gasteiger partial charge in [0.05, 0.1) is 26.4 Å². The molecule has 0 unspecified atom stereocenters. The van der Waals surface area contributed by atoms with E-state index in [-0.39, 0.29) is 79.2 Å². The number of benzene rings is 2. The van der Waals surface area contributed by atoms with Gasteiger partial charge in [-0.2, -0.15) is 0 Å². The Labute approximate surface area is 237 Å². The van der Waals surface area contributed by atoms with Crippen LogP contribution in [0.15, 0.2) is 39.5 Å². The molecule has 5 atom stereocenters. The Bertz CT molecular complexity index is 1400. The highest BCUT2D eigenvalue weighted by atomic mass is 16.7. The molecule has 0 aliphatic carbocycles. The lowest BCUT2D eigenvalue weighted by Gasteiger charge is -2.39. The number of hydrogen-bond donors (Lipinski definition) is 8. The van der Waals surface area contributed by atoms with Gasteiger partial charge in [-0.1, -0.05) is 0 Å². The van der Waals surface area contributed by atoms with Crippen LogP contribution in [-0.2, 0) is 4.74 Å². The molecule has 0 amide bonds. The van der Waals surface area contributed by atoms with Crippen LogP contribution in [0.1, 0.15) is 0 Å². The molecule has 0 saturated carbocycles. The average Bonchev–Trinajstić information content (AvgIpc) is 2.99. The largest absolute Gasteiger partial charge is 0.507 e. The van der Waals surface area contributed by atoms with Gasteiger partial charge in [-0.05, 0) is 18.2 Å². The predicted octanol–water partition coefficient (Wildman–Crippen LogP) is -1.54. The summed E-state index contributed by atoms with van der Waals surface area (Å²) in [6.07, 6.45) is -8.47. The second kappa shape index (κ2) is 14.0. The molecule has 1 saturated heterocycles. The molecule has 230 valence electrons. The molecule has 0 bridgehead atoms. The second-order valence-electron chi connectivity index (χ2n) is 9.10. The van der Waals surface area contributed by atoms with Crippen LogP contribution in [0.25, 0.3) is 22.3 Å². The van der Waals surface area contributed by atoms with Gasteiger partial charge < -0.3 is 69.0 Å².